The quantitative estimate of drug-likeness (QED) is 0.218. The van der Waals surface area contributed by atoms with E-state index in [1.165, 1.54) is 0 Å². The lowest BCUT2D eigenvalue weighted by atomic mass is 10.1. The maximum Gasteiger partial charge on any atom is 0.266 e. The topological polar surface area (TPSA) is 65.2 Å². The molecule has 0 amide bonds. The summed E-state index contributed by atoms with van der Waals surface area (Å²) in [5, 5.41) is 0.586. The summed E-state index contributed by atoms with van der Waals surface area (Å²) in [5.74, 6) is 1.42. The Hall–Kier alpha value is -3.86. The lowest BCUT2D eigenvalue weighted by molar-refractivity contribution is 0.0244. The van der Waals surface area contributed by atoms with Gasteiger partial charge in [0, 0.05) is 27.8 Å². The zero-order chi connectivity index (χ0) is 27.1. The van der Waals surface area contributed by atoms with Crippen molar-refractivity contribution in [1.82, 2.24) is 24.0 Å². The monoisotopic (exact) mass is 639 g/mol. The summed E-state index contributed by atoms with van der Waals surface area (Å²) >= 11 is 2.24. The molecule has 4 aromatic carbocycles. The van der Waals surface area contributed by atoms with Crippen LogP contribution in [0.2, 0.25) is 0 Å². The van der Waals surface area contributed by atoms with Gasteiger partial charge in [-0.3, -0.25) is 14.3 Å². The van der Waals surface area contributed by atoms with E-state index in [-0.39, 0.29) is 5.56 Å². The standard InChI is InChI=1S/C32H26IN5O2/c33-23-14-15-26-25(20-23)32(39)38(30(34-26)22-8-2-1-3-9-22)28-12-6-4-10-24(28)31-35-27-11-5-7-13-29(27)37(31)21-36-16-18-40-19-17-36/h1-15,20H,16-19,21H2. The second-order valence-electron chi connectivity index (χ2n) is 9.84. The Morgan fingerprint density at radius 3 is 2.35 bits per heavy atom. The van der Waals surface area contributed by atoms with Crippen LogP contribution in [-0.2, 0) is 11.4 Å². The maximum atomic E-state index is 14.3. The summed E-state index contributed by atoms with van der Waals surface area (Å²) < 4.78 is 10.6. The van der Waals surface area contributed by atoms with E-state index in [9.17, 15) is 4.79 Å². The van der Waals surface area contributed by atoms with E-state index in [4.69, 9.17) is 14.7 Å². The van der Waals surface area contributed by atoms with Gasteiger partial charge in [-0.25, -0.2) is 9.97 Å². The summed E-state index contributed by atoms with van der Waals surface area (Å²) in [5.41, 5.74) is 5.04. The molecule has 0 unspecified atom stereocenters. The molecule has 1 aliphatic heterocycles. The van der Waals surface area contributed by atoms with Crippen LogP contribution in [0.25, 0.3) is 50.4 Å². The van der Waals surface area contributed by atoms with Crippen LogP contribution in [0.3, 0.4) is 0 Å². The molecular weight excluding hydrogens is 613 g/mol. The Bertz CT molecular complexity index is 1910. The average Bonchev–Trinajstić information content (AvgIpc) is 3.36. The molecule has 2 aromatic heterocycles. The number of morpholine rings is 1. The molecule has 1 aliphatic rings. The van der Waals surface area contributed by atoms with Crippen LogP contribution in [-0.4, -0.2) is 50.3 Å². The number of benzene rings is 4. The van der Waals surface area contributed by atoms with E-state index in [1.807, 2.05) is 91.0 Å². The highest BCUT2D eigenvalue weighted by Crippen LogP contribution is 2.32. The van der Waals surface area contributed by atoms with Gasteiger partial charge >= 0.3 is 0 Å². The van der Waals surface area contributed by atoms with Crippen LogP contribution in [0, 0.1) is 3.57 Å². The number of para-hydroxylation sites is 3. The van der Waals surface area contributed by atoms with E-state index >= 15 is 0 Å². The number of hydrogen-bond donors (Lipinski definition) is 0. The second kappa shape index (κ2) is 10.6. The van der Waals surface area contributed by atoms with Gasteiger partial charge in [-0.05, 0) is 65.1 Å². The summed E-state index contributed by atoms with van der Waals surface area (Å²) in [7, 11) is 0. The van der Waals surface area contributed by atoms with Crippen molar-refractivity contribution in [2.45, 2.75) is 6.67 Å². The number of hydrogen-bond acceptors (Lipinski definition) is 5. The number of ether oxygens (including phenoxy) is 1. The smallest absolute Gasteiger partial charge is 0.266 e. The van der Waals surface area contributed by atoms with Crippen LogP contribution >= 0.6 is 22.6 Å². The molecule has 0 N–H and O–H groups in total. The minimum Gasteiger partial charge on any atom is -0.379 e. The molecule has 3 heterocycles. The fourth-order valence-corrected chi connectivity index (χ4v) is 5.88. The number of fused-ring (bicyclic) bond motifs is 2. The van der Waals surface area contributed by atoms with E-state index in [0.717, 1.165) is 63.5 Å². The Kier molecular flexibility index (Phi) is 6.66. The van der Waals surface area contributed by atoms with Gasteiger partial charge in [0.25, 0.3) is 5.56 Å². The van der Waals surface area contributed by atoms with Crippen molar-refractivity contribution in [2.75, 3.05) is 26.3 Å². The van der Waals surface area contributed by atoms with E-state index in [2.05, 4.69) is 38.1 Å². The molecular formula is C32H26IN5O2. The average molecular weight is 639 g/mol. The first-order chi connectivity index (χ1) is 19.7. The van der Waals surface area contributed by atoms with Crippen molar-refractivity contribution < 1.29 is 4.74 Å². The molecule has 1 saturated heterocycles. The van der Waals surface area contributed by atoms with Gasteiger partial charge in [-0.15, -0.1) is 0 Å². The predicted octanol–water partition coefficient (Wildman–Crippen LogP) is 5.96. The lowest BCUT2D eigenvalue weighted by Crippen LogP contribution is -2.37. The number of halogens is 1. The first-order valence-electron chi connectivity index (χ1n) is 13.3. The molecule has 1 fully saturated rings. The van der Waals surface area contributed by atoms with Crippen molar-refractivity contribution in [3.8, 4) is 28.5 Å². The summed E-state index contributed by atoms with van der Waals surface area (Å²) in [6.45, 7) is 3.84. The van der Waals surface area contributed by atoms with Crippen LogP contribution < -0.4 is 5.56 Å². The summed E-state index contributed by atoms with van der Waals surface area (Å²) in [4.78, 5) is 26.8. The number of rotatable bonds is 5. The van der Waals surface area contributed by atoms with Crippen molar-refractivity contribution in [3.63, 3.8) is 0 Å². The molecule has 7 nitrogen and oxygen atoms in total. The van der Waals surface area contributed by atoms with Gasteiger partial charge in [-0.1, -0.05) is 54.6 Å². The molecule has 0 radical (unpaired) electrons. The van der Waals surface area contributed by atoms with Gasteiger partial charge in [0.15, 0.2) is 0 Å². The fourth-order valence-electron chi connectivity index (χ4n) is 5.39. The second-order valence-corrected chi connectivity index (χ2v) is 11.1. The van der Waals surface area contributed by atoms with Crippen molar-refractivity contribution in [1.29, 1.82) is 0 Å². The van der Waals surface area contributed by atoms with Gasteiger partial charge in [0.05, 0.1) is 47.5 Å². The van der Waals surface area contributed by atoms with Crippen LogP contribution in [0.5, 0.6) is 0 Å². The molecule has 0 bridgehead atoms. The molecule has 0 spiro atoms. The molecule has 40 heavy (non-hydrogen) atoms. The highest BCUT2D eigenvalue weighted by molar-refractivity contribution is 14.1. The molecule has 0 atom stereocenters. The van der Waals surface area contributed by atoms with Crippen molar-refractivity contribution in [2.24, 2.45) is 0 Å². The first-order valence-corrected chi connectivity index (χ1v) is 14.4. The van der Waals surface area contributed by atoms with Gasteiger partial charge in [0.2, 0.25) is 0 Å². The highest BCUT2D eigenvalue weighted by Gasteiger charge is 2.22. The van der Waals surface area contributed by atoms with Crippen LogP contribution in [0.15, 0.2) is 102 Å². The maximum absolute atomic E-state index is 14.3. The first kappa shape index (κ1) is 25.1. The van der Waals surface area contributed by atoms with Crippen LogP contribution in [0.4, 0.5) is 0 Å². The number of aromatic nitrogens is 4. The predicted molar refractivity (Wildman–Crippen MR) is 167 cm³/mol. The normalized spacial score (nSPS) is 14.2. The third-order valence-electron chi connectivity index (χ3n) is 7.35. The minimum absolute atomic E-state index is 0.106. The van der Waals surface area contributed by atoms with Gasteiger partial charge in [-0.2, -0.15) is 0 Å². The van der Waals surface area contributed by atoms with Crippen molar-refractivity contribution >= 4 is 44.5 Å². The largest absolute Gasteiger partial charge is 0.379 e. The molecule has 6 aromatic rings. The Balaban J connectivity index is 1.50. The number of nitrogens with zero attached hydrogens (tertiary/aromatic N) is 5. The van der Waals surface area contributed by atoms with Gasteiger partial charge < -0.3 is 9.30 Å². The summed E-state index contributed by atoms with van der Waals surface area (Å²) in [6.07, 6.45) is 0. The van der Waals surface area contributed by atoms with Crippen molar-refractivity contribution in [3.05, 3.63) is 111 Å². The molecule has 198 valence electrons. The lowest BCUT2D eigenvalue weighted by Gasteiger charge is -2.28. The third kappa shape index (κ3) is 4.51. The Labute approximate surface area is 244 Å². The molecule has 0 aliphatic carbocycles. The third-order valence-corrected chi connectivity index (χ3v) is 8.02. The number of imidazole rings is 1. The molecule has 7 rings (SSSR count). The zero-order valence-electron chi connectivity index (χ0n) is 21.7. The molecule has 0 saturated carbocycles. The fraction of sp³-hybridized carbons (Fsp3) is 0.156. The van der Waals surface area contributed by atoms with Gasteiger partial charge in [0.1, 0.15) is 11.6 Å². The summed E-state index contributed by atoms with van der Waals surface area (Å²) in [6, 6.07) is 31.9. The molecule has 8 heteroatoms. The zero-order valence-corrected chi connectivity index (χ0v) is 23.9. The Morgan fingerprint density at radius 2 is 1.50 bits per heavy atom. The van der Waals surface area contributed by atoms with E-state index in [0.29, 0.717) is 23.4 Å². The SMILES string of the molecule is O=c1c2cc(I)ccc2nc(-c2ccccc2)n1-c1ccccc1-c1nc2ccccc2n1CN1CCOCC1. The van der Waals surface area contributed by atoms with E-state index in [1.54, 1.807) is 4.57 Å². The van der Waals surface area contributed by atoms with Crippen LogP contribution in [0.1, 0.15) is 0 Å². The Morgan fingerprint density at radius 1 is 0.775 bits per heavy atom. The van der Waals surface area contributed by atoms with E-state index < -0.39 is 0 Å². The highest BCUT2D eigenvalue weighted by atomic mass is 127. The minimum atomic E-state index is -0.106.